The van der Waals surface area contributed by atoms with Crippen molar-refractivity contribution in [1.29, 1.82) is 5.26 Å². The molecular formula is C29H42FN7O. The monoisotopic (exact) mass is 523 g/mol. The largest absolute Gasteiger partial charge is 0.405 e. The number of carbonyl (C=O) groups is 1. The van der Waals surface area contributed by atoms with Gasteiger partial charge in [-0.25, -0.2) is 4.39 Å². The first-order valence-electron chi connectivity index (χ1n) is 13.0. The second-order valence-electron chi connectivity index (χ2n) is 10.0. The van der Waals surface area contributed by atoms with Gasteiger partial charge in [0.25, 0.3) is 0 Å². The van der Waals surface area contributed by atoms with Gasteiger partial charge < -0.3 is 33.2 Å². The quantitative estimate of drug-likeness (QED) is 0.261. The third-order valence-electron chi connectivity index (χ3n) is 7.32. The Hall–Kier alpha value is -3.77. The Labute approximate surface area is 225 Å². The first kappa shape index (κ1) is 30.5. The molecule has 1 aliphatic carbocycles. The number of nitrogens with one attached hydrogen (secondary N) is 1. The molecule has 206 valence electrons. The molecule has 0 bridgehead atoms. The van der Waals surface area contributed by atoms with E-state index in [9.17, 15) is 14.4 Å². The zero-order valence-electron chi connectivity index (χ0n) is 22.9. The van der Waals surface area contributed by atoms with Crippen molar-refractivity contribution >= 4 is 11.4 Å². The van der Waals surface area contributed by atoms with E-state index in [4.69, 9.17) is 22.9 Å². The van der Waals surface area contributed by atoms with E-state index in [2.05, 4.69) is 17.1 Å². The van der Waals surface area contributed by atoms with Crippen molar-refractivity contribution in [3.63, 3.8) is 0 Å². The molecule has 8 nitrogen and oxygen atoms in total. The van der Waals surface area contributed by atoms with Gasteiger partial charge in [0.15, 0.2) is 5.78 Å². The summed E-state index contributed by atoms with van der Waals surface area (Å²) in [6.45, 7) is 5.73. The maximum atomic E-state index is 14.9. The maximum Gasteiger partial charge on any atom is 0.155 e. The molecule has 1 fully saturated rings. The average molecular weight is 524 g/mol. The Bertz CT molecular complexity index is 1150. The summed E-state index contributed by atoms with van der Waals surface area (Å²) >= 11 is 0. The molecule has 0 heterocycles. The van der Waals surface area contributed by atoms with Gasteiger partial charge in [-0.2, -0.15) is 5.26 Å². The van der Waals surface area contributed by atoms with Gasteiger partial charge >= 0.3 is 0 Å². The van der Waals surface area contributed by atoms with Crippen molar-refractivity contribution in [3.8, 4) is 6.07 Å². The number of carbonyl (C=O) groups excluding carboxylic acids is 1. The first-order valence-corrected chi connectivity index (χ1v) is 13.0. The molecule has 9 heteroatoms. The lowest BCUT2D eigenvalue weighted by atomic mass is 9.93. The fourth-order valence-electron chi connectivity index (χ4n) is 5.08. The van der Waals surface area contributed by atoms with Crippen LogP contribution in [0.2, 0.25) is 0 Å². The lowest BCUT2D eigenvalue weighted by molar-refractivity contribution is -0.121. The third-order valence-corrected chi connectivity index (χ3v) is 7.32. The van der Waals surface area contributed by atoms with E-state index in [-0.39, 0.29) is 36.0 Å². The molecule has 0 radical (unpaired) electrons. The Morgan fingerprint density at radius 2 is 1.92 bits per heavy atom. The predicted molar refractivity (Wildman–Crippen MR) is 151 cm³/mol. The summed E-state index contributed by atoms with van der Waals surface area (Å²) < 4.78 is 14.9. The molecule has 1 aliphatic rings. The lowest BCUT2D eigenvalue weighted by Crippen LogP contribution is -2.40. The van der Waals surface area contributed by atoms with Crippen LogP contribution in [0.5, 0.6) is 0 Å². The van der Waals surface area contributed by atoms with Gasteiger partial charge in [0, 0.05) is 42.8 Å². The number of nitriles is 1. The topological polar surface area (TPSA) is 160 Å². The van der Waals surface area contributed by atoms with E-state index in [1.165, 1.54) is 31.3 Å². The van der Waals surface area contributed by atoms with E-state index in [0.29, 0.717) is 28.4 Å². The van der Waals surface area contributed by atoms with E-state index in [1.54, 1.807) is 25.1 Å². The van der Waals surface area contributed by atoms with Crippen LogP contribution in [-0.4, -0.2) is 30.3 Å². The van der Waals surface area contributed by atoms with Crippen molar-refractivity contribution in [3.05, 3.63) is 76.3 Å². The molecule has 0 saturated heterocycles. The van der Waals surface area contributed by atoms with Crippen molar-refractivity contribution in [2.45, 2.75) is 59.0 Å². The summed E-state index contributed by atoms with van der Waals surface area (Å²) in [4.78, 5) is 15.4. The van der Waals surface area contributed by atoms with E-state index in [1.807, 2.05) is 20.0 Å². The summed E-state index contributed by atoms with van der Waals surface area (Å²) in [5.41, 5.74) is 26.4. The zero-order valence-corrected chi connectivity index (χ0v) is 22.9. The number of benzene rings is 1. The number of halogens is 1. The van der Waals surface area contributed by atoms with Gasteiger partial charge in [-0.15, -0.1) is 0 Å². The first-order chi connectivity index (χ1) is 18.0. The SMILES string of the molecule is C/C(N)=C/C(=C\N)c1cc(C#N)c(F)c(CNCC(=O)C(C)/C(=C(N)\C=C/N)N(C)C(C)C2CCCC2)c1. The normalized spacial score (nSPS) is 17.3. The van der Waals surface area contributed by atoms with Gasteiger partial charge in [0.2, 0.25) is 0 Å². The van der Waals surface area contributed by atoms with Gasteiger partial charge in [-0.3, -0.25) is 4.79 Å². The Morgan fingerprint density at radius 3 is 2.47 bits per heavy atom. The molecule has 38 heavy (non-hydrogen) atoms. The summed E-state index contributed by atoms with van der Waals surface area (Å²) in [6, 6.07) is 5.13. The second-order valence-corrected chi connectivity index (χ2v) is 10.0. The highest BCUT2D eigenvalue weighted by atomic mass is 19.1. The number of nitrogens with two attached hydrogens (primary N) is 4. The molecule has 9 N–H and O–H groups in total. The van der Waals surface area contributed by atoms with Gasteiger partial charge in [-0.05, 0) is 81.2 Å². The van der Waals surface area contributed by atoms with E-state index < -0.39 is 11.7 Å². The minimum absolute atomic E-state index is 0.0110. The smallest absolute Gasteiger partial charge is 0.155 e. The zero-order chi connectivity index (χ0) is 28.4. The number of allylic oxidation sites excluding steroid dienone is 5. The van der Waals surface area contributed by atoms with Crippen molar-refractivity contribution < 1.29 is 9.18 Å². The molecule has 0 amide bonds. The fourth-order valence-corrected chi connectivity index (χ4v) is 5.08. The molecule has 0 aromatic heterocycles. The highest BCUT2D eigenvalue weighted by Gasteiger charge is 2.30. The van der Waals surface area contributed by atoms with Crippen LogP contribution >= 0.6 is 0 Å². The minimum Gasteiger partial charge on any atom is -0.405 e. The van der Waals surface area contributed by atoms with E-state index in [0.717, 1.165) is 18.5 Å². The number of hydrogen-bond donors (Lipinski definition) is 5. The molecule has 1 aromatic carbocycles. The molecule has 2 atom stereocenters. The van der Waals surface area contributed by atoms with Crippen molar-refractivity contribution in [2.24, 2.45) is 34.8 Å². The molecule has 1 aromatic rings. The predicted octanol–water partition coefficient (Wildman–Crippen LogP) is 3.31. The molecular weight excluding hydrogens is 481 g/mol. The van der Waals surface area contributed by atoms with Crippen LogP contribution in [-0.2, 0) is 11.3 Å². The van der Waals surface area contributed by atoms with Crippen LogP contribution in [0.1, 0.15) is 63.1 Å². The standard InChI is InChI=1S/C29H42FN7O/c1-18(34)11-23(14-32)22-12-24(15-33)28(30)25(13-22)16-36-17-27(38)19(2)29(26(35)9-10-31)37(4)20(3)21-7-5-6-8-21/h9-14,19-21,36H,5-8,16-17,31-32,34-35H2,1-4H3/b10-9-,18-11-,23-14+,29-26-. The minimum atomic E-state index is -0.642. The number of hydrogen-bond acceptors (Lipinski definition) is 8. The van der Waals surface area contributed by atoms with E-state index >= 15 is 0 Å². The van der Waals surface area contributed by atoms with Crippen molar-refractivity contribution in [1.82, 2.24) is 10.2 Å². The summed E-state index contributed by atoms with van der Waals surface area (Å²) in [5, 5.41) is 12.5. The van der Waals surface area contributed by atoms with Crippen LogP contribution in [0.3, 0.4) is 0 Å². The van der Waals surface area contributed by atoms with Crippen molar-refractivity contribution in [2.75, 3.05) is 13.6 Å². The summed E-state index contributed by atoms with van der Waals surface area (Å²) in [7, 11) is 1.97. The van der Waals surface area contributed by atoms with Crippen LogP contribution in [0.4, 0.5) is 4.39 Å². The number of Topliss-reactive ketones (excluding diaryl/α,β-unsaturated/α-hetero) is 1. The lowest BCUT2D eigenvalue weighted by Gasteiger charge is -2.36. The summed E-state index contributed by atoms with van der Waals surface area (Å²) in [5.74, 6) is -0.708. The molecule has 0 spiro atoms. The Balaban J connectivity index is 2.22. The second kappa shape index (κ2) is 14.2. The maximum absolute atomic E-state index is 14.9. The van der Waals surface area contributed by atoms with Gasteiger partial charge in [0.1, 0.15) is 11.9 Å². The Kier molecular flexibility index (Phi) is 11.4. The third kappa shape index (κ3) is 7.62. The highest BCUT2D eigenvalue weighted by Crippen LogP contribution is 2.33. The number of nitrogens with zero attached hydrogens (tertiary/aromatic N) is 2. The molecule has 2 unspecified atom stereocenters. The van der Waals surface area contributed by atoms with Gasteiger partial charge in [-0.1, -0.05) is 12.8 Å². The molecule has 2 rings (SSSR count). The molecule has 0 aliphatic heterocycles. The van der Waals surface area contributed by atoms with Crippen LogP contribution in [0.15, 0.2) is 53.8 Å². The average Bonchev–Trinajstić information content (AvgIpc) is 3.42. The Morgan fingerprint density at radius 1 is 1.26 bits per heavy atom. The highest BCUT2D eigenvalue weighted by molar-refractivity contribution is 5.85. The number of ketones is 1. The van der Waals surface area contributed by atoms with Crippen LogP contribution < -0.4 is 28.3 Å². The molecule has 1 saturated carbocycles. The van der Waals surface area contributed by atoms with Crippen LogP contribution in [0.25, 0.3) is 5.57 Å². The van der Waals surface area contributed by atoms with Gasteiger partial charge in [0.05, 0.1) is 23.7 Å². The summed E-state index contributed by atoms with van der Waals surface area (Å²) in [6.07, 6.45) is 10.7. The van der Waals surface area contributed by atoms with Crippen LogP contribution in [0, 0.1) is 29.0 Å². The number of rotatable bonds is 12. The fraction of sp³-hybridized carbons (Fsp3) is 0.448.